The van der Waals surface area contributed by atoms with E-state index in [0.29, 0.717) is 5.92 Å². The van der Waals surface area contributed by atoms with Gasteiger partial charge in [-0.1, -0.05) is 23.7 Å². The van der Waals surface area contributed by atoms with Gasteiger partial charge in [-0.2, -0.15) is 0 Å². The molecule has 0 aliphatic heterocycles. The van der Waals surface area contributed by atoms with Crippen LogP contribution in [0.5, 0.6) is 0 Å². The second-order valence-corrected chi connectivity index (χ2v) is 3.47. The van der Waals surface area contributed by atoms with Gasteiger partial charge in [-0.05, 0) is 18.8 Å². The van der Waals surface area contributed by atoms with Crippen molar-refractivity contribution in [2.24, 2.45) is 5.92 Å². The molecule has 2 rings (SSSR count). The van der Waals surface area contributed by atoms with Crippen LogP contribution in [0.15, 0.2) is 5.51 Å². The van der Waals surface area contributed by atoms with Gasteiger partial charge in [0.05, 0.1) is 0 Å². The van der Waals surface area contributed by atoms with E-state index in [1.807, 2.05) is 0 Å². The van der Waals surface area contributed by atoms with Crippen molar-refractivity contribution in [3.63, 3.8) is 0 Å². The molecular weight excluding hydrogens is 156 g/mol. The van der Waals surface area contributed by atoms with E-state index in [1.165, 1.54) is 30.6 Å². The van der Waals surface area contributed by atoms with Crippen molar-refractivity contribution in [1.82, 2.24) is 10.2 Å². The van der Waals surface area contributed by atoms with Crippen molar-refractivity contribution >= 4 is 11.3 Å². The zero-order chi connectivity index (χ0) is 7.52. The zero-order valence-electron chi connectivity index (χ0n) is 6.08. The highest BCUT2D eigenvalue weighted by atomic mass is 32.1. The molecule has 1 heterocycles. The van der Waals surface area contributed by atoms with Crippen LogP contribution in [0.2, 0.25) is 0 Å². The van der Waals surface area contributed by atoms with Gasteiger partial charge in [0.15, 0.2) is 5.01 Å². The van der Waals surface area contributed by atoms with Crippen molar-refractivity contribution < 1.29 is 0 Å². The Morgan fingerprint density at radius 3 is 3.00 bits per heavy atom. The maximum atomic E-state index is 3.84. The van der Waals surface area contributed by atoms with Crippen molar-refractivity contribution in [3.05, 3.63) is 10.5 Å². The maximum Gasteiger partial charge on any atom is 0.190 e. The molecule has 1 saturated carbocycles. The molecule has 0 bridgehead atoms. The van der Waals surface area contributed by atoms with Crippen molar-refractivity contribution in [2.75, 3.05) is 0 Å². The minimum atomic E-state index is 0.638. The second-order valence-electron chi connectivity index (χ2n) is 2.64. The molecule has 0 unspecified atom stereocenters. The van der Waals surface area contributed by atoms with Crippen LogP contribution in [0.4, 0.5) is 0 Å². The molecule has 1 aliphatic carbocycles. The minimum Gasteiger partial charge on any atom is -0.146 e. The Kier molecular flexibility index (Phi) is 1.87. The Labute approximate surface area is 69.7 Å². The van der Waals surface area contributed by atoms with Gasteiger partial charge in [0.1, 0.15) is 5.51 Å². The van der Waals surface area contributed by atoms with Gasteiger partial charge in [0, 0.05) is 5.92 Å². The van der Waals surface area contributed by atoms with E-state index < -0.39 is 0 Å². The highest BCUT2D eigenvalue weighted by Crippen LogP contribution is 2.25. The highest BCUT2D eigenvalue weighted by Gasteiger charge is 2.13. The van der Waals surface area contributed by atoms with Crippen LogP contribution >= 0.6 is 11.3 Å². The summed E-state index contributed by atoms with van der Waals surface area (Å²) in [4.78, 5) is 0. The number of aromatic nitrogens is 2. The molecule has 0 saturated heterocycles. The summed E-state index contributed by atoms with van der Waals surface area (Å²) in [6.07, 6.45) is 3.88. The Morgan fingerprint density at radius 2 is 2.45 bits per heavy atom. The molecule has 0 N–H and O–H groups in total. The Bertz CT molecular complexity index is 277. The van der Waals surface area contributed by atoms with Gasteiger partial charge in [-0.3, -0.25) is 0 Å². The predicted octanol–water partition coefficient (Wildman–Crippen LogP) is 1.69. The molecule has 11 heavy (non-hydrogen) atoms. The molecule has 3 heteroatoms. The molecule has 1 aromatic rings. The standard InChI is InChI=1S/C8H8N2S/c1-2-7(3-1)4-5-8-10-9-6-11-8/h6-7H,1-3H2. The van der Waals surface area contributed by atoms with Gasteiger partial charge >= 0.3 is 0 Å². The summed E-state index contributed by atoms with van der Waals surface area (Å²) in [5.74, 6) is 6.84. The van der Waals surface area contributed by atoms with E-state index in [1.54, 1.807) is 5.51 Å². The molecule has 0 amide bonds. The van der Waals surface area contributed by atoms with Crippen LogP contribution in [0.1, 0.15) is 24.3 Å². The summed E-state index contributed by atoms with van der Waals surface area (Å²) in [6, 6.07) is 0. The van der Waals surface area contributed by atoms with Gasteiger partial charge in [-0.15, -0.1) is 10.2 Å². The van der Waals surface area contributed by atoms with Crippen LogP contribution in [0, 0.1) is 17.8 Å². The SMILES string of the molecule is C(#CC1CCC1)c1nncs1. The highest BCUT2D eigenvalue weighted by molar-refractivity contribution is 7.09. The lowest BCUT2D eigenvalue weighted by atomic mass is 9.86. The molecule has 0 spiro atoms. The number of rotatable bonds is 0. The molecule has 1 fully saturated rings. The molecule has 1 aromatic heterocycles. The quantitative estimate of drug-likeness (QED) is 0.545. The fourth-order valence-corrected chi connectivity index (χ4v) is 1.35. The number of hydrogen-bond donors (Lipinski definition) is 0. The first-order chi connectivity index (χ1) is 5.45. The van der Waals surface area contributed by atoms with E-state index in [4.69, 9.17) is 0 Å². The summed E-state index contributed by atoms with van der Waals surface area (Å²) in [5, 5.41) is 8.40. The average molecular weight is 164 g/mol. The number of nitrogens with zero attached hydrogens (tertiary/aromatic N) is 2. The van der Waals surface area contributed by atoms with Crippen molar-refractivity contribution in [2.45, 2.75) is 19.3 Å². The van der Waals surface area contributed by atoms with Gasteiger partial charge in [-0.25, -0.2) is 0 Å². The summed E-state index contributed by atoms with van der Waals surface area (Å²) >= 11 is 1.50. The molecular formula is C8H8N2S. The van der Waals surface area contributed by atoms with E-state index in [9.17, 15) is 0 Å². The first-order valence-electron chi connectivity index (χ1n) is 3.73. The first-order valence-corrected chi connectivity index (χ1v) is 4.61. The summed E-state index contributed by atoms with van der Waals surface area (Å²) in [6.45, 7) is 0. The monoisotopic (exact) mass is 164 g/mol. The lowest BCUT2D eigenvalue weighted by Crippen LogP contribution is -2.07. The summed E-state index contributed by atoms with van der Waals surface area (Å²) in [5.41, 5.74) is 1.71. The first kappa shape index (κ1) is 6.81. The van der Waals surface area contributed by atoms with E-state index >= 15 is 0 Å². The Hall–Kier alpha value is -0.880. The maximum absolute atomic E-state index is 3.84. The van der Waals surface area contributed by atoms with E-state index in [0.717, 1.165) is 5.01 Å². The Morgan fingerprint density at radius 1 is 1.55 bits per heavy atom. The van der Waals surface area contributed by atoms with E-state index in [-0.39, 0.29) is 0 Å². The Balaban J connectivity index is 2.01. The molecule has 1 aliphatic rings. The van der Waals surface area contributed by atoms with Crippen LogP contribution in [0.25, 0.3) is 0 Å². The normalized spacial score (nSPS) is 16.7. The lowest BCUT2D eigenvalue weighted by Gasteiger charge is -2.18. The third kappa shape index (κ3) is 1.58. The van der Waals surface area contributed by atoms with Gasteiger partial charge in [0.2, 0.25) is 0 Å². The fourth-order valence-electron chi connectivity index (χ4n) is 0.944. The van der Waals surface area contributed by atoms with Gasteiger partial charge < -0.3 is 0 Å². The van der Waals surface area contributed by atoms with Crippen molar-refractivity contribution in [3.8, 4) is 11.8 Å². The molecule has 2 nitrogen and oxygen atoms in total. The number of hydrogen-bond acceptors (Lipinski definition) is 3. The van der Waals surface area contributed by atoms with Gasteiger partial charge in [0.25, 0.3) is 0 Å². The third-order valence-electron chi connectivity index (χ3n) is 1.85. The largest absolute Gasteiger partial charge is 0.190 e. The third-order valence-corrected chi connectivity index (χ3v) is 2.46. The van der Waals surface area contributed by atoms with Crippen molar-refractivity contribution in [1.29, 1.82) is 0 Å². The summed E-state index contributed by atoms with van der Waals surface area (Å²) < 4.78 is 0. The molecule has 0 aromatic carbocycles. The van der Waals surface area contributed by atoms with Crippen LogP contribution in [-0.2, 0) is 0 Å². The summed E-state index contributed by atoms with van der Waals surface area (Å²) in [7, 11) is 0. The lowest BCUT2D eigenvalue weighted by molar-refractivity contribution is 0.401. The minimum absolute atomic E-state index is 0.638. The zero-order valence-corrected chi connectivity index (χ0v) is 6.90. The van der Waals surface area contributed by atoms with E-state index in [2.05, 4.69) is 22.0 Å². The molecule has 56 valence electrons. The second kappa shape index (κ2) is 3.02. The molecule has 0 atom stereocenters. The van der Waals surface area contributed by atoms with Crippen LogP contribution in [0.3, 0.4) is 0 Å². The predicted molar refractivity (Wildman–Crippen MR) is 44.1 cm³/mol. The molecule has 0 radical (unpaired) electrons. The van der Waals surface area contributed by atoms with Crippen LogP contribution in [-0.4, -0.2) is 10.2 Å². The topological polar surface area (TPSA) is 25.8 Å². The average Bonchev–Trinajstić information content (AvgIpc) is 2.36. The van der Waals surface area contributed by atoms with Crippen LogP contribution < -0.4 is 0 Å². The fraction of sp³-hybridized carbons (Fsp3) is 0.500. The smallest absolute Gasteiger partial charge is 0.146 e.